The molecule has 0 bridgehead atoms. The molecule has 0 aliphatic carbocycles. The largest absolute Gasteiger partial charge is 0.456 e. The van der Waals surface area contributed by atoms with Crippen LogP contribution < -0.4 is 0 Å². The third-order valence-corrected chi connectivity index (χ3v) is 2.01. The molecule has 2 aromatic rings. The van der Waals surface area contributed by atoms with Crippen molar-refractivity contribution in [3.63, 3.8) is 0 Å². The zero-order chi connectivity index (χ0) is 12.5. The summed E-state index contributed by atoms with van der Waals surface area (Å²) in [7, 11) is 0. The Balaban J connectivity index is 2.32. The van der Waals surface area contributed by atoms with Crippen LogP contribution in [0, 0.1) is 0 Å². The number of aromatic amines is 1. The number of ketones is 1. The number of hydrogen-bond donors (Lipinski definition) is 1. The number of Topliss-reactive ketones (excluding diaryl/α,β-unsaturated/α-hetero) is 1. The molecule has 1 N–H and O–H groups in total. The van der Waals surface area contributed by atoms with E-state index in [0.29, 0.717) is 5.56 Å². The molecule has 2 aromatic heterocycles. The molecule has 0 aliphatic heterocycles. The van der Waals surface area contributed by atoms with Crippen molar-refractivity contribution < 1.29 is 18.0 Å². The highest BCUT2D eigenvalue weighted by molar-refractivity contribution is 5.98. The number of halogens is 3. The van der Waals surface area contributed by atoms with E-state index in [4.69, 9.17) is 0 Å². The maximum Gasteiger partial charge on any atom is 0.456 e. The zero-order valence-corrected chi connectivity index (χ0v) is 8.32. The summed E-state index contributed by atoms with van der Waals surface area (Å²) < 4.78 is 36.4. The monoisotopic (exact) mass is 241 g/mol. The minimum atomic E-state index is -4.90. The highest BCUT2D eigenvalue weighted by Crippen LogP contribution is 2.22. The molecule has 0 aromatic carbocycles. The van der Waals surface area contributed by atoms with Gasteiger partial charge in [0, 0.05) is 18.0 Å². The molecule has 7 heteroatoms. The highest BCUT2D eigenvalue weighted by atomic mass is 19.4. The van der Waals surface area contributed by atoms with Gasteiger partial charge in [0.2, 0.25) is 0 Å². The zero-order valence-electron chi connectivity index (χ0n) is 8.32. The Kier molecular flexibility index (Phi) is 2.66. The maximum absolute atomic E-state index is 12.1. The first-order valence-corrected chi connectivity index (χ1v) is 4.55. The normalized spacial score (nSPS) is 11.5. The number of carbonyl (C=O) groups is 1. The quantitative estimate of drug-likeness (QED) is 0.820. The van der Waals surface area contributed by atoms with Gasteiger partial charge in [0.05, 0.1) is 6.20 Å². The molecule has 0 fully saturated rings. The fourth-order valence-corrected chi connectivity index (χ4v) is 1.24. The SMILES string of the molecule is O=C(c1cnc(-c2cccnc2)[nH]1)C(F)(F)F. The van der Waals surface area contributed by atoms with E-state index in [-0.39, 0.29) is 5.82 Å². The van der Waals surface area contributed by atoms with Gasteiger partial charge in [-0.25, -0.2) is 4.98 Å². The number of rotatable bonds is 2. The molecule has 0 spiro atoms. The molecule has 0 amide bonds. The van der Waals surface area contributed by atoms with Gasteiger partial charge in [-0.3, -0.25) is 9.78 Å². The van der Waals surface area contributed by atoms with Crippen LogP contribution in [0.25, 0.3) is 11.4 Å². The Bertz CT molecular complexity index is 533. The van der Waals surface area contributed by atoms with Crippen molar-refractivity contribution in [1.29, 1.82) is 0 Å². The topological polar surface area (TPSA) is 58.6 Å². The predicted molar refractivity (Wildman–Crippen MR) is 52.2 cm³/mol. The first-order valence-electron chi connectivity index (χ1n) is 4.55. The Labute approximate surface area is 93.5 Å². The smallest absolute Gasteiger partial charge is 0.335 e. The summed E-state index contributed by atoms with van der Waals surface area (Å²) in [6.07, 6.45) is -1.09. The van der Waals surface area contributed by atoms with Gasteiger partial charge < -0.3 is 4.98 Å². The molecule has 0 aliphatic rings. The molecule has 4 nitrogen and oxygen atoms in total. The van der Waals surface area contributed by atoms with Crippen LogP contribution in [0.15, 0.2) is 30.7 Å². The van der Waals surface area contributed by atoms with Crippen LogP contribution in [-0.2, 0) is 0 Å². The first-order chi connectivity index (χ1) is 7.98. The van der Waals surface area contributed by atoms with Gasteiger partial charge in [-0.2, -0.15) is 13.2 Å². The van der Waals surface area contributed by atoms with Crippen molar-refractivity contribution in [2.24, 2.45) is 0 Å². The highest BCUT2D eigenvalue weighted by Gasteiger charge is 2.40. The van der Waals surface area contributed by atoms with Crippen molar-refractivity contribution in [1.82, 2.24) is 15.0 Å². The Morgan fingerprint density at radius 2 is 2.06 bits per heavy atom. The fraction of sp³-hybridized carbons (Fsp3) is 0.100. The number of aromatic nitrogens is 3. The van der Waals surface area contributed by atoms with Gasteiger partial charge in [-0.1, -0.05) is 0 Å². The van der Waals surface area contributed by atoms with E-state index < -0.39 is 17.7 Å². The van der Waals surface area contributed by atoms with E-state index in [1.807, 2.05) is 0 Å². The van der Waals surface area contributed by atoms with E-state index in [1.165, 1.54) is 12.4 Å². The Hall–Kier alpha value is -2.18. The molecule has 0 atom stereocenters. The van der Waals surface area contributed by atoms with Crippen LogP contribution in [0.1, 0.15) is 10.5 Å². The van der Waals surface area contributed by atoms with Gasteiger partial charge >= 0.3 is 6.18 Å². The summed E-state index contributed by atoms with van der Waals surface area (Å²) in [5, 5.41) is 0. The molecule has 0 saturated heterocycles. The van der Waals surface area contributed by atoms with Crippen molar-refractivity contribution in [3.05, 3.63) is 36.4 Å². The number of carbonyl (C=O) groups excluding carboxylic acids is 1. The third-order valence-electron chi connectivity index (χ3n) is 2.01. The molecule has 0 radical (unpaired) electrons. The standard InChI is InChI=1S/C10H6F3N3O/c11-10(12,13)8(17)7-5-15-9(16-7)6-2-1-3-14-4-6/h1-5H,(H,15,16). The summed E-state index contributed by atoms with van der Waals surface area (Å²) >= 11 is 0. The average Bonchev–Trinajstić information content (AvgIpc) is 2.77. The van der Waals surface area contributed by atoms with Crippen LogP contribution in [0.2, 0.25) is 0 Å². The number of imidazole rings is 1. The summed E-state index contributed by atoms with van der Waals surface area (Å²) in [5.41, 5.74) is -0.0786. The Morgan fingerprint density at radius 3 is 2.65 bits per heavy atom. The number of nitrogens with one attached hydrogen (secondary N) is 1. The molecule has 0 unspecified atom stereocenters. The minimum Gasteiger partial charge on any atom is -0.335 e. The molecule has 2 rings (SSSR count). The molecule has 17 heavy (non-hydrogen) atoms. The van der Waals surface area contributed by atoms with Crippen LogP contribution in [-0.4, -0.2) is 26.9 Å². The van der Waals surface area contributed by atoms with Crippen LogP contribution in [0.3, 0.4) is 0 Å². The van der Waals surface area contributed by atoms with Gasteiger partial charge in [-0.15, -0.1) is 0 Å². The van der Waals surface area contributed by atoms with Crippen LogP contribution in [0.5, 0.6) is 0 Å². The van der Waals surface area contributed by atoms with Gasteiger partial charge in [0.1, 0.15) is 11.5 Å². The lowest BCUT2D eigenvalue weighted by molar-refractivity contribution is -0.0888. The van der Waals surface area contributed by atoms with E-state index in [9.17, 15) is 18.0 Å². The van der Waals surface area contributed by atoms with E-state index in [2.05, 4.69) is 15.0 Å². The summed E-state index contributed by atoms with van der Waals surface area (Å²) in [4.78, 5) is 20.7. The van der Waals surface area contributed by atoms with Crippen molar-refractivity contribution in [2.45, 2.75) is 6.18 Å². The van der Waals surface area contributed by atoms with E-state index in [1.54, 1.807) is 12.1 Å². The number of nitrogens with zero attached hydrogens (tertiary/aromatic N) is 2. The number of hydrogen-bond acceptors (Lipinski definition) is 3. The molecular formula is C10H6F3N3O. The van der Waals surface area contributed by atoms with Gasteiger partial charge in [0.25, 0.3) is 5.78 Å². The second kappa shape index (κ2) is 4.00. The lowest BCUT2D eigenvalue weighted by Gasteiger charge is -2.01. The first kappa shape index (κ1) is 11.3. The summed E-state index contributed by atoms with van der Waals surface area (Å²) in [6, 6.07) is 3.23. The van der Waals surface area contributed by atoms with Gasteiger partial charge in [0.15, 0.2) is 0 Å². The number of H-pyrrole nitrogens is 1. The lowest BCUT2D eigenvalue weighted by atomic mass is 10.3. The van der Waals surface area contributed by atoms with E-state index >= 15 is 0 Å². The van der Waals surface area contributed by atoms with Crippen molar-refractivity contribution in [3.8, 4) is 11.4 Å². The van der Waals surface area contributed by atoms with Gasteiger partial charge in [-0.05, 0) is 12.1 Å². The van der Waals surface area contributed by atoms with Crippen molar-refractivity contribution in [2.75, 3.05) is 0 Å². The third kappa shape index (κ3) is 2.32. The molecular weight excluding hydrogens is 235 g/mol. The summed E-state index contributed by atoms with van der Waals surface area (Å²) in [5.74, 6) is -1.77. The second-order valence-electron chi connectivity index (χ2n) is 3.21. The second-order valence-corrected chi connectivity index (χ2v) is 3.21. The molecule has 2 heterocycles. The van der Waals surface area contributed by atoms with Crippen molar-refractivity contribution >= 4 is 5.78 Å². The van der Waals surface area contributed by atoms with Crippen LogP contribution in [0.4, 0.5) is 13.2 Å². The Morgan fingerprint density at radius 1 is 1.29 bits per heavy atom. The predicted octanol–water partition coefficient (Wildman–Crippen LogP) is 2.22. The number of alkyl halides is 3. The lowest BCUT2D eigenvalue weighted by Crippen LogP contribution is -2.22. The minimum absolute atomic E-state index is 0.172. The van der Waals surface area contributed by atoms with E-state index in [0.717, 1.165) is 6.20 Å². The maximum atomic E-state index is 12.1. The van der Waals surface area contributed by atoms with Crippen LogP contribution >= 0.6 is 0 Å². The average molecular weight is 241 g/mol. The fourth-order valence-electron chi connectivity index (χ4n) is 1.24. The molecule has 88 valence electrons. The molecule has 0 saturated carbocycles. The summed E-state index contributed by atoms with van der Waals surface area (Å²) in [6.45, 7) is 0. The number of pyridine rings is 1.